The molecule has 0 aromatic heterocycles. The molecule has 0 unspecified atom stereocenters. The first-order valence-corrected chi connectivity index (χ1v) is 21.1. The predicted octanol–water partition coefficient (Wildman–Crippen LogP) is 15.9. The summed E-state index contributed by atoms with van der Waals surface area (Å²) < 4.78 is 0. The highest BCUT2D eigenvalue weighted by atomic mass is 14.3. The van der Waals surface area contributed by atoms with Crippen molar-refractivity contribution in [1.82, 2.24) is 0 Å². The summed E-state index contributed by atoms with van der Waals surface area (Å²) in [5.74, 6) is 0.199. The lowest BCUT2D eigenvalue weighted by molar-refractivity contribution is 1.02. The highest BCUT2D eigenvalue weighted by Crippen LogP contribution is 2.49. The number of rotatable bonds is 6. The minimum atomic E-state index is 0.199. The first-order valence-electron chi connectivity index (χ1n) is 21.1. The first-order chi connectivity index (χ1) is 29.7. The van der Waals surface area contributed by atoms with E-state index in [1.807, 2.05) is 0 Å². The molecule has 0 saturated heterocycles. The maximum absolute atomic E-state index is 2.45. The molecule has 2 aliphatic carbocycles. The van der Waals surface area contributed by atoms with E-state index >= 15 is 0 Å². The molecule has 0 spiro atoms. The monoisotopic (exact) mass is 760 g/mol. The van der Waals surface area contributed by atoms with Crippen LogP contribution in [-0.4, -0.2) is 0 Å². The van der Waals surface area contributed by atoms with Crippen LogP contribution in [0.3, 0.4) is 0 Å². The van der Waals surface area contributed by atoms with Crippen molar-refractivity contribution in [2.75, 3.05) is 0 Å². The Labute approximate surface area is 351 Å². The smallest absolute Gasteiger partial charge is 0.0352 e. The number of hydrogen-bond acceptors (Lipinski definition) is 0. The molecule has 0 aliphatic heterocycles. The van der Waals surface area contributed by atoms with Crippen LogP contribution in [0, 0.1) is 0 Å². The fourth-order valence-corrected chi connectivity index (χ4v) is 10.2. The van der Waals surface area contributed by atoms with Crippen molar-refractivity contribution in [3.05, 3.63) is 252 Å². The van der Waals surface area contributed by atoms with E-state index in [4.69, 9.17) is 0 Å². The lowest BCUT2D eigenvalue weighted by Gasteiger charge is -2.17. The molecule has 60 heavy (non-hydrogen) atoms. The van der Waals surface area contributed by atoms with E-state index in [0.717, 1.165) is 6.42 Å². The van der Waals surface area contributed by atoms with E-state index in [9.17, 15) is 0 Å². The molecular weight excluding hydrogens is 721 g/mol. The second kappa shape index (κ2) is 14.1. The van der Waals surface area contributed by atoms with E-state index in [1.165, 1.54) is 116 Å². The third-order valence-corrected chi connectivity index (χ3v) is 12.9. The number of benzene rings is 10. The van der Waals surface area contributed by atoms with Gasteiger partial charge in [-0.1, -0.05) is 188 Å². The van der Waals surface area contributed by atoms with Gasteiger partial charge in [-0.25, -0.2) is 0 Å². The molecule has 0 nitrogen and oxygen atoms in total. The van der Waals surface area contributed by atoms with Crippen molar-refractivity contribution in [2.45, 2.75) is 12.3 Å². The average molecular weight is 761 g/mol. The largest absolute Gasteiger partial charge is 0.0622 e. The van der Waals surface area contributed by atoms with Crippen molar-refractivity contribution in [3.63, 3.8) is 0 Å². The fourth-order valence-electron chi connectivity index (χ4n) is 10.2. The Kier molecular flexibility index (Phi) is 8.10. The molecule has 0 heterocycles. The van der Waals surface area contributed by atoms with Crippen LogP contribution in [0.1, 0.15) is 33.7 Å². The quantitative estimate of drug-likeness (QED) is 0.158. The first kappa shape index (κ1) is 34.5. The molecule has 0 amide bonds. The Morgan fingerprint density at radius 2 is 0.800 bits per heavy atom. The zero-order chi connectivity index (χ0) is 39.6. The molecule has 10 aromatic carbocycles. The van der Waals surface area contributed by atoms with Crippen LogP contribution in [0.15, 0.2) is 224 Å². The van der Waals surface area contributed by atoms with Crippen molar-refractivity contribution in [1.29, 1.82) is 0 Å². The van der Waals surface area contributed by atoms with Crippen LogP contribution >= 0.6 is 0 Å². The van der Waals surface area contributed by atoms with Gasteiger partial charge < -0.3 is 0 Å². The normalized spacial score (nSPS) is 12.5. The molecule has 0 atom stereocenters. The van der Waals surface area contributed by atoms with Gasteiger partial charge in [0.2, 0.25) is 0 Å². The van der Waals surface area contributed by atoms with Crippen LogP contribution in [0.5, 0.6) is 0 Å². The summed E-state index contributed by atoms with van der Waals surface area (Å²) in [5.41, 5.74) is 24.6. The lowest BCUT2D eigenvalue weighted by atomic mass is 9.86. The summed E-state index contributed by atoms with van der Waals surface area (Å²) in [5, 5.41) is 2.59. The van der Waals surface area contributed by atoms with E-state index in [0.29, 0.717) is 0 Å². The van der Waals surface area contributed by atoms with E-state index in [1.54, 1.807) is 0 Å². The summed E-state index contributed by atoms with van der Waals surface area (Å²) in [4.78, 5) is 0. The van der Waals surface area contributed by atoms with E-state index < -0.39 is 0 Å². The van der Waals surface area contributed by atoms with Crippen LogP contribution in [-0.2, 0) is 6.42 Å². The van der Waals surface area contributed by atoms with Crippen LogP contribution in [0.4, 0.5) is 0 Å². The van der Waals surface area contributed by atoms with E-state index in [-0.39, 0.29) is 5.92 Å². The average Bonchev–Trinajstić information content (AvgIpc) is 3.88. The highest BCUT2D eigenvalue weighted by molar-refractivity contribution is 6.06. The van der Waals surface area contributed by atoms with Gasteiger partial charge in [0, 0.05) is 5.92 Å². The highest BCUT2D eigenvalue weighted by Gasteiger charge is 2.30. The maximum atomic E-state index is 2.45. The zero-order valence-corrected chi connectivity index (χ0v) is 33.1. The fraction of sp³-hybridized carbons (Fsp3) is 0.0333. The molecule has 0 bridgehead atoms. The number of hydrogen-bond donors (Lipinski definition) is 0. The van der Waals surface area contributed by atoms with Crippen molar-refractivity contribution >= 4 is 10.8 Å². The molecule has 12 rings (SSSR count). The predicted molar refractivity (Wildman–Crippen MR) is 252 cm³/mol. The summed E-state index contributed by atoms with van der Waals surface area (Å²) >= 11 is 0. The molecule has 0 fully saturated rings. The topological polar surface area (TPSA) is 0 Å². The summed E-state index contributed by atoms with van der Waals surface area (Å²) in [7, 11) is 0. The maximum Gasteiger partial charge on any atom is 0.0352 e. The third-order valence-electron chi connectivity index (χ3n) is 12.9. The van der Waals surface area contributed by atoms with Gasteiger partial charge in [0.15, 0.2) is 0 Å². The second-order valence-corrected chi connectivity index (χ2v) is 16.4. The molecule has 0 N–H and O–H groups in total. The minimum absolute atomic E-state index is 0.199. The Morgan fingerprint density at radius 1 is 0.300 bits per heavy atom. The summed E-state index contributed by atoms with van der Waals surface area (Å²) in [6.07, 6.45) is 0.932. The van der Waals surface area contributed by atoms with Gasteiger partial charge >= 0.3 is 0 Å². The van der Waals surface area contributed by atoms with Gasteiger partial charge in [-0.3, -0.25) is 0 Å². The van der Waals surface area contributed by atoms with Crippen LogP contribution in [0.25, 0.3) is 88.7 Å². The van der Waals surface area contributed by atoms with Crippen LogP contribution in [0.2, 0.25) is 0 Å². The van der Waals surface area contributed by atoms with Crippen molar-refractivity contribution in [3.8, 4) is 77.9 Å². The summed E-state index contributed by atoms with van der Waals surface area (Å²) in [6, 6.07) is 83.5. The van der Waals surface area contributed by atoms with Crippen LogP contribution < -0.4 is 0 Å². The Balaban J connectivity index is 1.00. The molecular formula is C60H40. The lowest BCUT2D eigenvalue weighted by Crippen LogP contribution is -1.99. The van der Waals surface area contributed by atoms with Crippen molar-refractivity contribution in [2.24, 2.45) is 0 Å². The van der Waals surface area contributed by atoms with Gasteiger partial charge in [-0.2, -0.15) is 0 Å². The Hall–Kier alpha value is -7.54. The molecule has 2 aliphatic rings. The minimum Gasteiger partial charge on any atom is -0.0622 e. The third kappa shape index (κ3) is 5.75. The molecule has 0 radical (unpaired) electrons. The van der Waals surface area contributed by atoms with Crippen molar-refractivity contribution < 1.29 is 0 Å². The molecule has 280 valence electrons. The zero-order valence-electron chi connectivity index (χ0n) is 33.1. The Morgan fingerprint density at radius 3 is 1.50 bits per heavy atom. The molecule has 0 saturated carbocycles. The van der Waals surface area contributed by atoms with E-state index in [2.05, 4.69) is 224 Å². The van der Waals surface area contributed by atoms with Gasteiger partial charge in [-0.05, 0) is 159 Å². The SMILES string of the molecule is c1ccc(-c2cc(-c3cccc(-c4cc5cc(-c6ccccc6)ccc5c5c4Cc4ccccc4-5)c3)cc(-c3cccc(C4c5ccccc5-c5ccccc54)c3)c2)cc1. The molecule has 0 heteroatoms. The van der Waals surface area contributed by atoms with Gasteiger partial charge in [0.1, 0.15) is 0 Å². The van der Waals surface area contributed by atoms with Gasteiger partial charge in [0.25, 0.3) is 0 Å². The molecule has 10 aromatic rings. The Bertz CT molecular complexity index is 3230. The second-order valence-electron chi connectivity index (χ2n) is 16.4. The summed E-state index contributed by atoms with van der Waals surface area (Å²) in [6.45, 7) is 0. The van der Waals surface area contributed by atoms with Gasteiger partial charge in [0.05, 0.1) is 0 Å². The standard InChI is InChI=1S/C60H40/c1-3-15-39(16-4-1)43-29-30-52-50(33-43)38-57(58-37-45-19-7-8-24-51(45)60(52)58)44-22-13-20-41(31-44)48-34-47(40-17-5-2-6-18-40)35-49(36-48)42-21-14-23-46(32-42)59-55-27-11-9-25-53(55)54-26-10-12-28-56(54)59/h1-36,38,59H,37H2. The van der Waals surface area contributed by atoms with Gasteiger partial charge in [-0.15, -0.1) is 0 Å². The number of fused-ring (bicyclic) bond motifs is 8.